The van der Waals surface area contributed by atoms with Crippen molar-refractivity contribution in [3.8, 4) is 4.62 Å². The van der Waals surface area contributed by atoms with Crippen LogP contribution in [0.4, 0.5) is 0 Å². The van der Waals surface area contributed by atoms with E-state index in [1.54, 1.807) is 0 Å². The fraction of sp³-hybridized carbons (Fsp3) is 0.783. The Hall–Kier alpha value is -0.811. The van der Waals surface area contributed by atoms with Gasteiger partial charge in [0.05, 0.1) is 0 Å². The van der Waals surface area contributed by atoms with Crippen molar-refractivity contribution in [2.75, 3.05) is 19.8 Å². The third kappa shape index (κ3) is 7.13. The van der Waals surface area contributed by atoms with Gasteiger partial charge in [-0.2, -0.15) is 0 Å². The normalized spacial score (nSPS) is 25.6. The number of fused-ring (bicyclic) bond motifs is 2. The summed E-state index contributed by atoms with van der Waals surface area (Å²) in [6.07, 6.45) is 10.9. The Balaban J connectivity index is 1.39. The summed E-state index contributed by atoms with van der Waals surface area (Å²) in [7, 11) is 0. The first-order valence-electron chi connectivity index (χ1n) is 11.3. The van der Waals surface area contributed by atoms with Crippen LogP contribution in [0.2, 0.25) is 0 Å². The molecule has 3 rings (SSSR count). The average Bonchev–Trinajstić information content (AvgIpc) is 3.43. The first-order valence-corrected chi connectivity index (χ1v) is 13.0. The maximum atomic E-state index is 10.6. The molecule has 2 saturated heterocycles. The molecule has 2 fully saturated rings. The van der Waals surface area contributed by atoms with Crippen LogP contribution in [-0.4, -0.2) is 57.6 Å². The topological polar surface area (TPSA) is 65.0 Å². The Kier molecular flexibility index (Phi) is 9.57. The van der Waals surface area contributed by atoms with Crippen molar-refractivity contribution in [3.05, 3.63) is 16.6 Å². The minimum absolute atomic E-state index is 0.257. The zero-order chi connectivity index (χ0) is 20.5. The monoisotopic (exact) mass is 472 g/mol. The van der Waals surface area contributed by atoms with Crippen LogP contribution >= 0.6 is 0 Å². The van der Waals surface area contributed by atoms with Gasteiger partial charge < -0.3 is 0 Å². The first-order chi connectivity index (χ1) is 14.2. The molecule has 0 saturated carbocycles. The predicted molar refractivity (Wildman–Crippen MR) is 114 cm³/mol. The van der Waals surface area contributed by atoms with E-state index in [1.807, 2.05) is 0 Å². The number of hydrogen-bond acceptors (Lipinski definition) is 4. The van der Waals surface area contributed by atoms with Gasteiger partial charge in [-0.3, -0.25) is 0 Å². The molecule has 2 aliphatic heterocycles. The summed E-state index contributed by atoms with van der Waals surface area (Å²) in [4.78, 5) is 10.6. The molecule has 1 aromatic heterocycles. The summed E-state index contributed by atoms with van der Waals surface area (Å²) in [5.41, 5.74) is 0. The van der Waals surface area contributed by atoms with Crippen molar-refractivity contribution in [1.29, 1.82) is 0 Å². The molecular formula is C23H36O5Se. The number of unbranched alkanes of at least 4 members (excludes halogenated alkanes) is 4. The molecular weight excluding hydrogens is 435 g/mol. The van der Waals surface area contributed by atoms with E-state index in [9.17, 15) is 4.79 Å². The van der Waals surface area contributed by atoms with Crippen LogP contribution in [0.25, 0.3) is 0 Å². The Morgan fingerprint density at radius 3 is 2.66 bits per heavy atom. The van der Waals surface area contributed by atoms with E-state index in [0.29, 0.717) is 24.0 Å². The predicted octanol–water partition coefficient (Wildman–Crippen LogP) is 4.31. The molecule has 0 aliphatic carbocycles. The second-order valence-electron chi connectivity index (χ2n) is 8.39. The fourth-order valence-electron chi connectivity index (χ4n) is 4.51. The molecule has 5 nitrogen and oxygen atoms in total. The van der Waals surface area contributed by atoms with Crippen LogP contribution in [0, 0.1) is 11.8 Å². The molecule has 2 aliphatic rings. The Bertz CT molecular complexity index is 616. The van der Waals surface area contributed by atoms with Gasteiger partial charge in [0.1, 0.15) is 0 Å². The molecule has 4 atom stereocenters. The van der Waals surface area contributed by atoms with Gasteiger partial charge >= 0.3 is 174 Å². The molecule has 3 heterocycles. The summed E-state index contributed by atoms with van der Waals surface area (Å²) >= 11 is 0.257. The SMILES string of the molecule is CCCCCCOC[C@@H]1C(COc2ccc(CCCCC(=O)O)[se]2)[C@@H]2CC[C@H]1O2. The molecule has 0 aromatic carbocycles. The summed E-state index contributed by atoms with van der Waals surface area (Å²) < 4.78 is 20.9. The van der Waals surface area contributed by atoms with Crippen molar-refractivity contribution in [2.45, 2.75) is 83.3 Å². The molecule has 2 bridgehead atoms. The molecule has 0 spiro atoms. The van der Waals surface area contributed by atoms with Gasteiger partial charge in [0.25, 0.3) is 0 Å². The van der Waals surface area contributed by atoms with Crippen molar-refractivity contribution >= 4 is 20.5 Å². The van der Waals surface area contributed by atoms with E-state index in [-0.39, 0.29) is 20.9 Å². The number of aliphatic carboxylic acids is 1. The number of carboxylic acids is 1. The second-order valence-corrected chi connectivity index (χ2v) is 10.8. The van der Waals surface area contributed by atoms with Crippen LogP contribution in [0.3, 0.4) is 0 Å². The first kappa shape index (κ1) is 22.9. The number of hydrogen-bond donors (Lipinski definition) is 1. The zero-order valence-corrected chi connectivity index (χ0v) is 19.4. The zero-order valence-electron chi connectivity index (χ0n) is 17.6. The molecule has 29 heavy (non-hydrogen) atoms. The molecule has 1 N–H and O–H groups in total. The fourth-order valence-corrected chi connectivity index (χ4v) is 6.40. The van der Waals surface area contributed by atoms with Gasteiger partial charge in [0, 0.05) is 0 Å². The number of ether oxygens (including phenoxy) is 3. The van der Waals surface area contributed by atoms with Crippen molar-refractivity contribution in [3.63, 3.8) is 0 Å². The Morgan fingerprint density at radius 1 is 1.10 bits per heavy atom. The Morgan fingerprint density at radius 2 is 1.90 bits per heavy atom. The van der Waals surface area contributed by atoms with Crippen LogP contribution in [0.5, 0.6) is 4.62 Å². The summed E-state index contributed by atoms with van der Waals surface area (Å²) in [5.74, 6) is 0.212. The maximum absolute atomic E-state index is 10.6. The molecule has 0 amide bonds. The average molecular weight is 471 g/mol. The van der Waals surface area contributed by atoms with E-state index in [4.69, 9.17) is 19.3 Å². The summed E-state index contributed by atoms with van der Waals surface area (Å²) in [5, 5.41) is 8.73. The van der Waals surface area contributed by atoms with E-state index in [1.165, 1.54) is 30.1 Å². The third-order valence-electron chi connectivity index (χ3n) is 6.16. The van der Waals surface area contributed by atoms with Gasteiger partial charge in [0.2, 0.25) is 0 Å². The van der Waals surface area contributed by atoms with Gasteiger partial charge in [-0.05, 0) is 0 Å². The second kappa shape index (κ2) is 12.1. The number of aryl methyl sites for hydroxylation is 1. The molecule has 6 heteroatoms. The van der Waals surface area contributed by atoms with Gasteiger partial charge in [-0.15, -0.1) is 0 Å². The number of rotatable bonds is 15. The van der Waals surface area contributed by atoms with E-state index < -0.39 is 5.97 Å². The molecule has 0 radical (unpaired) electrons. The van der Waals surface area contributed by atoms with E-state index in [0.717, 1.165) is 56.5 Å². The van der Waals surface area contributed by atoms with Crippen molar-refractivity contribution < 1.29 is 24.1 Å². The van der Waals surface area contributed by atoms with Crippen LogP contribution in [-0.2, 0) is 20.7 Å². The quantitative estimate of drug-likeness (QED) is 0.305. The summed E-state index contributed by atoms with van der Waals surface area (Å²) in [6.45, 7) is 4.64. The molecule has 164 valence electrons. The van der Waals surface area contributed by atoms with Gasteiger partial charge in [-0.1, -0.05) is 6.92 Å². The number of carbonyl (C=O) groups is 1. The van der Waals surface area contributed by atoms with E-state index in [2.05, 4.69) is 19.1 Å². The van der Waals surface area contributed by atoms with Gasteiger partial charge in [0.15, 0.2) is 0 Å². The van der Waals surface area contributed by atoms with Gasteiger partial charge in [-0.25, -0.2) is 0 Å². The van der Waals surface area contributed by atoms with Crippen molar-refractivity contribution in [1.82, 2.24) is 0 Å². The summed E-state index contributed by atoms with van der Waals surface area (Å²) in [6, 6.07) is 4.28. The van der Waals surface area contributed by atoms with Crippen LogP contribution in [0.1, 0.15) is 69.1 Å². The molecule has 1 aromatic rings. The van der Waals surface area contributed by atoms with Crippen LogP contribution < -0.4 is 4.74 Å². The van der Waals surface area contributed by atoms with E-state index >= 15 is 0 Å². The van der Waals surface area contributed by atoms with Crippen molar-refractivity contribution in [2.24, 2.45) is 11.8 Å². The molecule has 1 unspecified atom stereocenters. The minimum atomic E-state index is -0.703. The van der Waals surface area contributed by atoms with Crippen LogP contribution in [0.15, 0.2) is 12.1 Å². The standard InChI is InChI=1S/C23H36O5Se/c1-2-3-4-7-14-26-15-18-19(21-12-11-20(18)28-21)16-27-23-13-10-17(29-23)8-5-6-9-22(24)25/h10,13,18-21H,2-9,11-12,14-16H2,1H3,(H,24,25)/t18-,19?,20-,21+/m1/s1. The third-order valence-corrected chi connectivity index (χ3v) is 8.38. The number of carboxylic acid groups (broad SMARTS) is 1. The Labute approximate surface area is 180 Å².